The maximum atomic E-state index is 6.04. The summed E-state index contributed by atoms with van der Waals surface area (Å²) in [6.07, 6.45) is 9.28. The van der Waals surface area contributed by atoms with E-state index in [1.54, 1.807) is 0 Å². The van der Waals surface area contributed by atoms with Crippen LogP contribution in [0.15, 0.2) is 12.4 Å². The molecular weight excluding hydrogens is 236 g/mol. The fraction of sp³-hybridized carbons (Fsp3) is 0.800. The molecule has 0 amide bonds. The Bertz CT molecular complexity index is 370. The molecule has 0 spiro atoms. The van der Waals surface area contributed by atoms with Crippen LogP contribution >= 0.6 is 0 Å². The van der Waals surface area contributed by atoms with Gasteiger partial charge in [0, 0.05) is 31.4 Å². The molecule has 1 aromatic heterocycles. The summed E-state index contributed by atoms with van der Waals surface area (Å²) in [5.74, 6) is 0.909. The van der Waals surface area contributed by atoms with Gasteiger partial charge in [0.2, 0.25) is 0 Å². The van der Waals surface area contributed by atoms with Crippen molar-refractivity contribution in [1.82, 2.24) is 14.7 Å². The van der Waals surface area contributed by atoms with Gasteiger partial charge >= 0.3 is 0 Å². The molecule has 19 heavy (non-hydrogen) atoms. The van der Waals surface area contributed by atoms with Crippen LogP contribution in [-0.4, -0.2) is 34.3 Å². The standard InChI is InChI=1S/C15H28N4/c1-3-7-18(11-13-5-6-13)15(9-16)14-10-17-19(12-14)8-4-2/h10,12-13,15H,3-9,11,16H2,1-2H3. The van der Waals surface area contributed by atoms with E-state index < -0.39 is 0 Å². The normalized spacial score (nSPS) is 17.1. The highest BCUT2D eigenvalue weighted by atomic mass is 15.3. The van der Waals surface area contributed by atoms with Crippen LogP contribution in [0.2, 0.25) is 0 Å². The topological polar surface area (TPSA) is 47.1 Å². The molecule has 1 saturated carbocycles. The first-order valence-electron chi connectivity index (χ1n) is 7.74. The lowest BCUT2D eigenvalue weighted by atomic mass is 10.1. The third-order valence-electron chi connectivity index (χ3n) is 3.86. The lowest BCUT2D eigenvalue weighted by molar-refractivity contribution is 0.193. The summed E-state index contributed by atoms with van der Waals surface area (Å²) < 4.78 is 2.04. The lowest BCUT2D eigenvalue weighted by Crippen LogP contribution is -2.35. The smallest absolute Gasteiger partial charge is 0.0538 e. The molecule has 1 aromatic rings. The Hall–Kier alpha value is -0.870. The van der Waals surface area contributed by atoms with Gasteiger partial charge in [-0.15, -0.1) is 0 Å². The van der Waals surface area contributed by atoms with Crippen molar-refractivity contribution in [3.8, 4) is 0 Å². The van der Waals surface area contributed by atoms with Gasteiger partial charge in [-0.2, -0.15) is 5.10 Å². The molecule has 1 fully saturated rings. The van der Waals surface area contributed by atoms with Gasteiger partial charge in [0.05, 0.1) is 12.2 Å². The van der Waals surface area contributed by atoms with Crippen molar-refractivity contribution in [3.63, 3.8) is 0 Å². The van der Waals surface area contributed by atoms with Crippen LogP contribution in [-0.2, 0) is 6.54 Å². The summed E-state index contributed by atoms with van der Waals surface area (Å²) in [5.41, 5.74) is 7.32. The van der Waals surface area contributed by atoms with Gasteiger partial charge in [-0.05, 0) is 38.1 Å². The Morgan fingerprint density at radius 1 is 1.42 bits per heavy atom. The average molecular weight is 264 g/mol. The minimum Gasteiger partial charge on any atom is -0.329 e. The van der Waals surface area contributed by atoms with Crippen molar-refractivity contribution in [2.75, 3.05) is 19.6 Å². The number of nitrogens with two attached hydrogens (primary N) is 1. The van der Waals surface area contributed by atoms with Crippen molar-refractivity contribution >= 4 is 0 Å². The molecule has 2 rings (SSSR count). The number of nitrogens with zero attached hydrogens (tertiary/aromatic N) is 3. The minimum atomic E-state index is 0.339. The third-order valence-corrected chi connectivity index (χ3v) is 3.86. The Kier molecular flexibility index (Phi) is 5.40. The van der Waals surface area contributed by atoms with Gasteiger partial charge in [-0.3, -0.25) is 9.58 Å². The SMILES string of the molecule is CCCN(CC1CC1)C(CN)c1cnn(CCC)c1. The van der Waals surface area contributed by atoms with E-state index in [0.717, 1.165) is 25.4 Å². The number of rotatable bonds is 9. The fourth-order valence-corrected chi connectivity index (χ4v) is 2.69. The number of aromatic nitrogens is 2. The second kappa shape index (κ2) is 7.06. The van der Waals surface area contributed by atoms with Crippen LogP contribution in [0.1, 0.15) is 51.1 Å². The first-order chi connectivity index (χ1) is 9.28. The van der Waals surface area contributed by atoms with Crippen LogP contribution in [0.25, 0.3) is 0 Å². The Balaban J connectivity index is 2.05. The van der Waals surface area contributed by atoms with Crippen molar-refractivity contribution in [2.24, 2.45) is 11.7 Å². The summed E-state index contributed by atoms with van der Waals surface area (Å²) >= 11 is 0. The third kappa shape index (κ3) is 4.05. The molecule has 0 saturated heterocycles. The number of hydrogen-bond donors (Lipinski definition) is 1. The van der Waals surface area contributed by atoms with Crippen LogP contribution in [0, 0.1) is 5.92 Å². The maximum absolute atomic E-state index is 6.04. The average Bonchev–Trinajstić information content (AvgIpc) is 3.10. The maximum Gasteiger partial charge on any atom is 0.0538 e. The van der Waals surface area contributed by atoms with Crippen LogP contribution in [0.4, 0.5) is 0 Å². The zero-order valence-electron chi connectivity index (χ0n) is 12.4. The van der Waals surface area contributed by atoms with Crippen LogP contribution in [0.5, 0.6) is 0 Å². The molecule has 0 aromatic carbocycles. The molecule has 1 unspecified atom stereocenters. The molecule has 1 aliphatic carbocycles. The molecule has 0 bridgehead atoms. The molecule has 4 heteroatoms. The predicted octanol–water partition coefficient (Wildman–Crippen LogP) is 2.41. The highest BCUT2D eigenvalue weighted by Crippen LogP contribution is 2.32. The Labute approximate surface area is 117 Å². The predicted molar refractivity (Wildman–Crippen MR) is 78.9 cm³/mol. The summed E-state index contributed by atoms with van der Waals surface area (Å²) in [6.45, 7) is 8.44. The monoisotopic (exact) mass is 264 g/mol. The second-order valence-electron chi connectivity index (χ2n) is 5.73. The molecule has 108 valence electrons. The van der Waals surface area contributed by atoms with E-state index >= 15 is 0 Å². The Morgan fingerprint density at radius 2 is 2.21 bits per heavy atom. The zero-order chi connectivity index (χ0) is 13.7. The summed E-state index contributed by atoms with van der Waals surface area (Å²) in [6, 6.07) is 0.339. The molecule has 4 nitrogen and oxygen atoms in total. The van der Waals surface area contributed by atoms with E-state index in [1.807, 2.05) is 10.9 Å². The molecular formula is C15H28N4. The number of aryl methyl sites for hydroxylation is 1. The highest BCUT2D eigenvalue weighted by molar-refractivity contribution is 5.11. The van der Waals surface area contributed by atoms with Crippen LogP contribution < -0.4 is 5.73 Å². The van der Waals surface area contributed by atoms with E-state index in [-0.39, 0.29) is 0 Å². The van der Waals surface area contributed by atoms with E-state index in [0.29, 0.717) is 12.6 Å². The van der Waals surface area contributed by atoms with E-state index in [9.17, 15) is 0 Å². The van der Waals surface area contributed by atoms with Gasteiger partial charge in [0.15, 0.2) is 0 Å². The molecule has 0 aliphatic heterocycles. The lowest BCUT2D eigenvalue weighted by Gasteiger charge is -2.30. The van der Waals surface area contributed by atoms with Crippen LogP contribution in [0.3, 0.4) is 0 Å². The van der Waals surface area contributed by atoms with E-state index in [1.165, 1.54) is 31.4 Å². The summed E-state index contributed by atoms with van der Waals surface area (Å²) in [7, 11) is 0. The van der Waals surface area contributed by atoms with Gasteiger partial charge in [-0.25, -0.2) is 0 Å². The minimum absolute atomic E-state index is 0.339. The van der Waals surface area contributed by atoms with E-state index in [2.05, 4.69) is 30.0 Å². The summed E-state index contributed by atoms with van der Waals surface area (Å²) in [4.78, 5) is 2.56. The van der Waals surface area contributed by atoms with Gasteiger partial charge in [0.1, 0.15) is 0 Å². The van der Waals surface area contributed by atoms with E-state index in [4.69, 9.17) is 5.73 Å². The van der Waals surface area contributed by atoms with Crippen molar-refractivity contribution < 1.29 is 0 Å². The molecule has 1 aliphatic rings. The van der Waals surface area contributed by atoms with Crippen molar-refractivity contribution in [3.05, 3.63) is 18.0 Å². The summed E-state index contributed by atoms with van der Waals surface area (Å²) in [5, 5.41) is 4.45. The molecule has 0 radical (unpaired) electrons. The fourth-order valence-electron chi connectivity index (χ4n) is 2.69. The second-order valence-corrected chi connectivity index (χ2v) is 5.73. The van der Waals surface area contributed by atoms with Gasteiger partial charge in [0.25, 0.3) is 0 Å². The molecule has 2 N–H and O–H groups in total. The first-order valence-corrected chi connectivity index (χ1v) is 7.74. The largest absolute Gasteiger partial charge is 0.329 e. The van der Waals surface area contributed by atoms with Crippen molar-refractivity contribution in [2.45, 2.75) is 52.1 Å². The zero-order valence-corrected chi connectivity index (χ0v) is 12.4. The quantitative estimate of drug-likeness (QED) is 0.745. The van der Waals surface area contributed by atoms with Gasteiger partial charge < -0.3 is 5.73 Å². The van der Waals surface area contributed by atoms with Crippen molar-refractivity contribution in [1.29, 1.82) is 0 Å². The highest BCUT2D eigenvalue weighted by Gasteiger charge is 2.28. The first kappa shape index (κ1) is 14.5. The van der Waals surface area contributed by atoms with Gasteiger partial charge in [-0.1, -0.05) is 13.8 Å². The molecule has 1 heterocycles. The Morgan fingerprint density at radius 3 is 2.79 bits per heavy atom. The number of hydrogen-bond acceptors (Lipinski definition) is 3. The molecule has 1 atom stereocenters.